The highest BCUT2D eigenvalue weighted by molar-refractivity contribution is 5.41. The number of rotatable bonds is 8. The van der Waals surface area contributed by atoms with Crippen molar-refractivity contribution in [3.05, 3.63) is 324 Å². The molecule has 0 heteroatoms. The van der Waals surface area contributed by atoms with Crippen molar-refractivity contribution in [1.82, 2.24) is 0 Å². The van der Waals surface area contributed by atoms with E-state index in [1.165, 1.54) is 63.8 Å². The third-order valence-corrected chi connectivity index (χ3v) is 12.9. The maximum absolute atomic E-state index is 2.43. The number of hydrogen-bond acceptors (Lipinski definition) is 0. The van der Waals surface area contributed by atoms with Crippen LogP contribution in [0, 0.1) is 11.3 Å². The van der Waals surface area contributed by atoms with Gasteiger partial charge in [0.15, 0.2) is 0 Å². The molecule has 0 aromatic heterocycles. The third kappa shape index (κ3) is 39.0. The van der Waals surface area contributed by atoms with E-state index in [2.05, 4.69) is 277 Å². The Kier molecular flexibility index (Phi) is 64.3. The molecule has 1 saturated carbocycles. The zero-order valence-corrected chi connectivity index (χ0v) is 61.2. The fourth-order valence-corrected chi connectivity index (χ4v) is 9.81. The Morgan fingerprint density at radius 1 is 0.273 bits per heavy atom. The summed E-state index contributed by atoms with van der Waals surface area (Å²) >= 11 is 0. The SMILES string of the molecule is CC.CC.CC.CC.CC.CC.CC.CC.CC.CC.CC(C)(c1ccccc1)c1ccccc1.CC1CC(C)(C)CC(c2ccccc2)(c2ccccc2)C1.c1ccc(Cc2ccccc2)cc1.c1ccc(Cc2ccccc2)cc1.c1ccccc1. The minimum Gasteiger partial charge on any atom is -0.0683 e. The van der Waals surface area contributed by atoms with Gasteiger partial charge in [-0.15, -0.1) is 0 Å². The summed E-state index contributed by atoms with van der Waals surface area (Å²) in [7, 11) is 0. The lowest BCUT2D eigenvalue weighted by Gasteiger charge is -2.48. The van der Waals surface area contributed by atoms with Gasteiger partial charge in [-0.05, 0) is 87.9 Å². The van der Waals surface area contributed by atoms with Crippen LogP contribution < -0.4 is 0 Å². The second-order valence-electron chi connectivity index (χ2n) is 19.5. The van der Waals surface area contributed by atoms with Crippen LogP contribution in [-0.2, 0) is 23.7 Å². The van der Waals surface area contributed by atoms with Crippen molar-refractivity contribution in [3.8, 4) is 0 Å². The van der Waals surface area contributed by atoms with Crippen LogP contribution in [0.5, 0.6) is 0 Å². The van der Waals surface area contributed by atoms with Crippen LogP contribution in [0.15, 0.2) is 279 Å². The van der Waals surface area contributed by atoms with Crippen molar-refractivity contribution in [2.75, 3.05) is 0 Å². The van der Waals surface area contributed by atoms with Gasteiger partial charge in [0.2, 0.25) is 0 Å². The van der Waals surface area contributed by atoms with E-state index >= 15 is 0 Å². The molecule has 0 N–H and O–H groups in total. The summed E-state index contributed by atoms with van der Waals surface area (Å²) in [5.74, 6) is 0.758. The molecular formula is C88H132. The van der Waals surface area contributed by atoms with E-state index in [1.807, 2.05) is 175 Å². The Labute approximate surface area is 547 Å². The van der Waals surface area contributed by atoms with E-state index in [1.54, 1.807) is 0 Å². The first-order valence-electron chi connectivity index (χ1n) is 34.5. The zero-order chi connectivity index (χ0) is 67.8. The van der Waals surface area contributed by atoms with Gasteiger partial charge in [-0.3, -0.25) is 0 Å². The molecule has 1 aliphatic rings. The monoisotopic (exact) mass is 1190 g/mol. The van der Waals surface area contributed by atoms with Crippen molar-refractivity contribution in [3.63, 3.8) is 0 Å². The largest absolute Gasteiger partial charge is 0.0683 e. The molecule has 10 rings (SSSR count). The Bertz CT molecular complexity index is 2380. The lowest BCUT2D eigenvalue weighted by atomic mass is 9.55. The van der Waals surface area contributed by atoms with Crippen LogP contribution in [0.3, 0.4) is 0 Å². The molecule has 0 spiro atoms. The lowest BCUT2D eigenvalue weighted by molar-refractivity contribution is 0.127. The maximum atomic E-state index is 2.43. The highest BCUT2D eigenvalue weighted by atomic mass is 14.5. The smallest absolute Gasteiger partial charge is 0.0210 e. The quantitative estimate of drug-likeness (QED) is 0.142. The zero-order valence-electron chi connectivity index (χ0n) is 61.2. The van der Waals surface area contributed by atoms with Gasteiger partial charge in [0, 0.05) is 10.8 Å². The van der Waals surface area contributed by atoms with E-state index in [-0.39, 0.29) is 10.8 Å². The Morgan fingerprint density at radius 3 is 0.659 bits per heavy atom. The third-order valence-electron chi connectivity index (χ3n) is 12.9. The Morgan fingerprint density at radius 2 is 0.455 bits per heavy atom. The average molecular weight is 1190 g/mol. The van der Waals surface area contributed by atoms with E-state index in [0.717, 1.165) is 18.8 Å². The van der Waals surface area contributed by atoms with Gasteiger partial charge < -0.3 is 0 Å². The fraction of sp³-hybridized carbons (Fsp3) is 0.386. The van der Waals surface area contributed by atoms with E-state index in [4.69, 9.17) is 0 Å². The van der Waals surface area contributed by atoms with Crippen LogP contribution >= 0.6 is 0 Å². The first-order chi connectivity index (χ1) is 43.1. The molecule has 0 aliphatic heterocycles. The molecule has 0 heterocycles. The summed E-state index contributed by atoms with van der Waals surface area (Å²) in [6, 6.07) is 97.7. The van der Waals surface area contributed by atoms with Gasteiger partial charge in [-0.25, -0.2) is 0 Å². The Hall–Kier alpha value is -7.02. The summed E-state index contributed by atoms with van der Waals surface area (Å²) in [5, 5.41) is 0. The summed E-state index contributed by atoms with van der Waals surface area (Å²) in [5.41, 5.74) is 11.8. The lowest BCUT2D eigenvalue weighted by Crippen LogP contribution is -2.41. The van der Waals surface area contributed by atoms with Crippen LogP contribution in [-0.4, -0.2) is 0 Å². The molecule has 0 amide bonds. The molecule has 1 unspecified atom stereocenters. The Balaban J connectivity index is -0.000000311. The first-order valence-corrected chi connectivity index (χ1v) is 34.5. The minimum atomic E-state index is 0.0858. The second kappa shape index (κ2) is 63.0. The van der Waals surface area contributed by atoms with Crippen LogP contribution in [0.2, 0.25) is 0 Å². The number of benzene rings is 9. The van der Waals surface area contributed by atoms with Crippen molar-refractivity contribution >= 4 is 0 Å². The van der Waals surface area contributed by atoms with Gasteiger partial charge in [0.1, 0.15) is 0 Å². The summed E-state index contributed by atoms with van der Waals surface area (Å²) in [4.78, 5) is 0. The molecule has 484 valence electrons. The van der Waals surface area contributed by atoms with E-state index in [9.17, 15) is 0 Å². The van der Waals surface area contributed by atoms with E-state index in [0.29, 0.717) is 5.41 Å². The van der Waals surface area contributed by atoms with Gasteiger partial charge in [-0.2, -0.15) is 0 Å². The second-order valence-corrected chi connectivity index (χ2v) is 19.5. The molecule has 1 atom stereocenters. The van der Waals surface area contributed by atoms with Crippen molar-refractivity contribution in [1.29, 1.82) is 0 Å². The molecule has 1 aliphatic carbocycles. The highest BCUT2D eigenvalue weighted by Gasteiger charge is 2.44. The topological polar surface area (TPSA) is 0 Å². The van der Waals surface area contributed by atoms with Gasteiger partial charge in [0.05, 0.1) is 0 Å². The molecule has 9 aromatic carbocycles. The molecule has 0 radical (unpaired) electrons. The minimum absolute atomic E-state index is 0.0858. The fourth-order valence-electron chi connectivity index (χ4n) is 9.81. The summed E-state index contributed by atoms with van der Waals surface area (Å²) < 4.78 is 0. The van der Waals surface area contributed by atoms with Crippen molar-refractivity contribution in [2.45, 2.75) is 216 Å². The molecule has 0 bridgehead atoms. The van der Waals surface area contributed by atoms with Crippen LogP contribution in [0.1, 0.15) is 237 Å². The van der Waals surface area contributed by atoms with Crippen molar-refractivity contribution in [2.24, 2.45) is 11.3 Å². The number of hydrogen-bond donors (Lipinski definition) is 0. The van der Waals surface area contributed by atoms with Crippen LogP contribution in [0.25, 0.3) is 0 Å². The normalized spacial score (nSPS) is 11.7. The van der Waals surface area contributed by atoms with Crippen molar-refractivity contribution < 1.29 is 0 Å². The van der Waals surface area contributed by atoms with Crippen LogP contribution in [0.4, 0.5) is 0 Å². The average Bonchev–Trinajstić information content (AvgIpc) is 1.08. The molecule has 88 heavy (non-hydrogen) atoms. The van der Waals surface area contributed by atoms with Gasteiger partial charge in [0.25, 0.3) is 0 Å². The summed E-state index contributed by atoms with van der Waals surface area (Å²) in [6.45, 7) is 51.8. The first kappa shape index (κ1) is 89.7. The predicted molar refractivity (Wildman–Crippen MR) is 407 cm³/mol. The predicted octanol–water partition coefficient (Wildman–Crippen LogP) is 28.3. The van der Waals surface area contributed by atoms with Gasteiger partial charge >= 0.3 is 0 Å². The van der Waals surface area contributed by atoms with E-state index < -0.39 is 0 Å². The highest BCUT2D eigenvalue weighted by Crippen LogP contribution is 2.53. The molecular weight excluding hydrogens is 1060 g/mol. The molecule has 0 nitrogen and oxygen atoms in total. The molecule has 0 saturated heterocycles. The maximum Gasteiger partial charge on any atom is 0.0210 e. The molecule has 9 aromatic rings. The summed E-state index contributed by atoms with van der Waals surface area (Å²) in [6.07, 6.45) is 5.88. The molecule has 1 fully saturated rings. The van der Waals surface area contributed by atoms with Gasteiger partial charge in [-0.1, -0.05) is 452 Å². The standard InChI is InChI=1S/C21H26.C15H16.2C13H12.C6H6.10C2H6/c1-17-14-20(2,3)16-21(15-17,18-10-6-4-7-11-18)19-12-8-5-9-13-19;1-15(2,13-9-5-3-6-10-13)14-11-7-4-8-12-14;2*1-3-7-12(8-4-1)11-13-9-5-2-6-10-13;1-2-4-6-5-3-1;10*1-2/h4-13,17H,14-16H2,1-3H3;3-12H,1-2H3;2*1-10H,11H2;1-6H;10*1-2H3.